The smallest absolute Gasteiger partial charge is 0.256 e. The highest BCUT2D eigenvalue weighted by atomic mass is 35.5. The van der Waals surface area contributed by atoms with Gasteiger partial charge in [-0.1, -0.05) is 29.3 Å². The second kappa shape index (κ2) is 6.24. The van der Waals surface area contributed by atoms with Gasteiger partial charge in [0.25, 0.3) is 5.91 Å². The highest BCUT2D eigenvalue weighted by Crippen LogP contribution is 2.30. The number of carbonyl (C=O) groups excluding carboxylic acids is 2. The van der Waals surface area contributed by atoms with E-state index in [-0.39, 0.29) is 16.8 Å². The van der Waals surface area contributed by atoms with Crippen LogP contribution in [0.5, 0.6) is 0 Å². The number of rotatable bonds is 2. The Kier molecular flexibility index (Phi) is 4.83. The van der Waals surface area contributed by atoms with Gasteiger partial charge in [-0.15, -0.1) is 11.8 Å². The normalized spacial score (nSPS) is 18.2. The van der Waals surface area contributed by atoms with Crippen molar-refractivity contribution in [1.29, 1.82) is 0 Å². The number of hydrogen-bond donors (Lipinski definition) is 0. The van der Waals surface area contributed by atoms with Gasteiger partial charge in [0.1, 0.15) is 6.04 Å². The molecule has 0 bridgehead atoms. The lowest BCUT2D eigenvalue weighted by Gasteiger charge is -2.25. The van der Waals surface area contributed by atoms with Crippen molar-refractivity contribution in [2.75, 3.05) is 25.7 Å². The van der Waals surface area contributed by atoms with Gasteiger partial charge in [-0.25, -0.2) is 0 Å². The summed E-state index contributed by atoms with van der Waals surface area (Å²) in [5, 5.41) is 0.562. The van der Waals surface area contributed by atoms with Gasteiger partial charge in [0.05, 0.1) is 21.5 Å². The first-order valence-electron chi connectivity index (χ1n) is 5.97. The molecule has 0 N–H and O–H groups in total. The van der Waals surface area contributed by atoms with Gasteiger partial charge in [-0.05, 0) is 12.1 Å². The first kappa shape index (κ1) is 15.5. The fourth-order valence-electron chi connectivity index (χ4n) is 1.97. The fourth-order valence-corrected chi connectivity index (χ4v) is 3.50. The Labute approximate surface area is 132 Å². The van der Waals surface area contributed by atoms with E-state index in [9.17, 15) is 9.59 Å². The Hall–Kier alpha value is -0.910. The molecule has 2 amide bonds. The van der Waals surface area contributed by atoms with Gasteiger partial charge in [0.15, 0.2) is 0 Å². The Bertz CT molecular complexity index is 551. The number of thioether (sulfide) groups is 1. The predicted molar refractivity (Wildman–Crippen MR) is 82.4 cm³/mol. The zero-order chi connectivity index (χ0) is 14.9. The number of benzene rings is 1. The Morgan fingerprint density at radius 2 is 2.05 bits per heavy atom. The predicted octanol–water partition coefficient (Wildman–Crippen LogP) is 2.60. The van der Waals surface area contributed by atoms with Crippen LogP contribution in [0.15, 0.2) is 18.2 Å². The maximum absolute atomic E-state index is 12.6. The van der Waals surface area contributed by atoms with Gasteiger partial charge >= 0.3 is 0 Å². The van der Waals surface area contributed by atoms with E-state index in [0.717, 1.165) is 0 Å². The molecule has 1 heterocycles. The van der Waals surface area contributed by atoms with E-state index in [1.54, 1.807) is 49.0 Å². The minimum absolute atomic E-state index is 0.0819. The van der Waals surface area contributed by atoms with E-state index in [0.29, 0.717) is 22.2 Å². The summed E-state index contributed by atoms with van der Waals surface area (Å²) in [7, 11) is 3.36. The van der Waals surface area contributed by atoms with E-state index in [1.165, 1.54) is 4.90 Å². The molecule has 1 aliphatic rings. The Balaban J connectivity index is 2.28. The summed E-state index contributed by atoms with van der Waals surface area (Å²) in [5.41, 5.74) is 0.332. The fraction of sp³-hybridized carbons (Fsp3) is 0.385. The molecule has 1 aliphatic heterocycles. The van der Waals surface area contributed by atoms with Gasteiger partial charge in [0, 0.05) is 19.8 Å². The lowest BCUT2D eigenvalue weighted by Crippen LogP contribution is -2.46. The third-order valence-corrected chi connectivity index (χ3v) is 4.88. The first-order valence-corrected chi connectivity index (χ1v) is 7.88. The average molecular weight is 333 g/mol. The molecule has 0 radical (unpaired) electrons. The number of halogens is 2. The Morgan fingerprint density at radius 3 is 2.70 bits per heavy atom. The summed E-state index contributed by atoms with van der Waals surface area (Å²) in [4.78, 5) is 27.7. The summed E-state index contributed by atoms with van der Waals surface area (Å²) in [6.45, 7) is 0. The summed E-state index contributed by atoms with van der Waals surface area (Å²) in [6, 6.07) is 4.48. The monoisotopic (exact) mass is 332 g/mol. The van der Waals surface area contributed by atoms with Crippen LogP contribution in [0, 0.1) is 0 Å². The van der Waals surface area contributed by atoms with Crippen molar-refractivity contribution < 1.29 is 9.59 Å². The molecule has 1 atom stereocenters. The van der Waals surface area contributed by atoms with Crippen LogP contribution in [0.25, 0.3) is 0 Å². The van der Waals surface area contributed by atoms with E-state index >= 15 is 0 Å². The van der Waals surface area contributed by atoms with Gasteiger partial charge in [-0.2, -0.15) is 0 Å². The molecule has 0 saturated carbocycles. The van der Waals surface area contributed by atoms with Gasteiger partial charge < -0.3 is 9.80 Å². The summed E-state index contributed by atoms with van der Waals surface area (Å²) < 4.78 is 0. The topological polar surface area (TPSA) is 40.6 Å². The van der Waals surface area contributed by atoms with Crippen LogP contribution in [0.3, 0.4) is 0 Å². The summed E-state index contributed by atoms with van der Waals surface area (Å²) >= 11 is 13.6. The molecule has 1 aromatic carbocycles. The number of amides is 2. The molecule has 20 heavy (non-hydrogen) atoms. The van der Waals surface area contributed by atoms with Crippen molar-refractivity contribution in [2.45, 2.75) is 6.04 Å². The molecule has 2 rings (SSSR count). The molecular formula is C13H14Cl2N2O2S. The maximum atomic E-state index is 12.6. The molecule has 0 unspecified atom stereocenters. The van der Waals surface area contributed by atoms with E-state index < -0.39 is 6.04 Å². The second-order valence-corrected chi connectivity index (χ2v) is 6.41. The Morgan fingerprint density at radius 1 is 1.35 bits per heavy atom. The lowest BCUT2D eigenvalue weighted by atomic mass is 10.1. The number of likely N-dealkylation sites (N-methyl/N-ethyl adjacent to an activating group) is 1. The van der Waals surface area contributed by atoms with Crippen LogP contribution in [0.1, 0.15) is 10.4 Å². The lowest BCUT2D eigenvalue weighted by molar-refractivity contribution is -0.132. The molecule has 0 aromatic heterocycles. The van der Waals surface area contributed by atoms with Crippen LogP contribution in [-0.2, 0) is 4.79 Å². The maximum Gasteiger partial charge on any atom is 0.256 e. The van der Waals surface area contributed by atoms with Gasteiger partial charge in [-0.3, -0.25) is 9.59 Å². The van der Waals surface area contributed by atoms with Crippen LogP contribution in [0.2, 0.25) is 10.0 Å². The molecular weight excluding hydrogens is 319 g/mol. The van der Waals surface area contributed by atoms with E-state index in [1.807, 2.05) is 0 Å². The summed E-state index contributed by atoms with van der Waals surface area (Å²) in [5.74, 6) is 0.733. The molecule has 108 valence electrons. The van der Waals surface area contributed by atoms with Crippen molar-refractivity contribution in [3.8, 4) is 0 Å². The van der Waals surface area contributed by atoms with Crippen LogP contribution >= 0.6 is 35.0 Å². The highest BCUT2D eigenvalue weighted by molar-refractivity contribution is 7.99. The number of hydrogen-bond acceptors (Lipinski definition) is 3. The van der Waals surface area contributed by atoms with Crippen LogP contribution < -0.4 is 0 Å². The van der Waals surface area contributed by atoms with Crippen molar-refractivity contribution >= 4 is 46.8 Å². The number of nitrogens with zero attached hydrogens (tertiary/aromatic N) is 2. The highest BCUT2D eigenvalue weighted by Gasteiger charge is 2.36. The van der Waals surface area contributed by atoms with Crippen molar-refractivity contribution in [2.24, 2.45) is 0 Å². The number of carbonyl (C=O) groups is 2. The SMILES string of the molecule is CN(C)C(=O)[C@@H]1CSCN1C(=O)c1cccc(Cl)c1Cl. The zero-order valence-electron chi connectivity index (χ0n) is 11.1. The molecule has 0 aliphatic carbocycles. The van der Waals surface area contributed by atoms with Crippen LogP contribution in [0.4, 0.5) is 0 Å². The zero-order valence-corrected chi connectivity index (χ0v) is 13.4. The standard InChI is InChI=1S/C13H14Cl2N2O2S/c1-16(2)13(19)10-6-20-7-17(10)12(18)8-4-3-5-9(14)11(8)15/h3-5,10H,6-7H2,1-2H3/t10-/m0/s1. The third kappa shape index (κ3) is 2.90. The summed E-state index contributed by atoms with van der Waals surface area (Å²) in [6.07, 6.45) is 0. The molecule has 1 saturated heterocycles. The van der Waals surface area contributed by atoms with Crippen molar-refractivity contribution in [3.63, 3.8) is 0 Å². The van der Waals surface area contributed by atoms with E-state index in [4.69, 9.17) is 23.2 Å². The van der Waals surface area contributed by atoms with E-state index in [2.05, 4.69) is 0 Å². The molecule has 1 aromatic rings. The molecule has 7 heteroatoms. The quantitative estimate of drug-likeness (QED) is 0.835. The largest absolute Gasteiger partial charge is 0.347 e. The van der Waals surface area contributed by atoms with Crippen LogP contribution in [-0.4, -0.2) is 53.4 Å². The molecule has 1 fully saturated rings. The minimum atomic E-state index is -0.447. The molecule has 0 spiro atoms. The first-order chi connectivity index (χ1) is 9.43. The van der Waals surface area contributed by atoms with Crippen molar-refractivity contribution in [3.05, 3.63) is 33.8 Å². The average Bonchev–Trinajstić information content (AvgIpc) is 2.89. The third-order valence-electron chi connectivity index (χ3n) is 3.05. The van der Waals surface area contributed by atoms with Gasteiger partial charge in [0.2, 0.25) is 5.91 Å². The minimum Gasteiger partial charge on any atom is -0.347 e. The molecule has 4 nitrogen and oxygen atoms in total. The van der Waals surface area contributed by atoms with Crippen molar-refractivity contribution in [1.82, 2.24) is 9.80 Å². The second-order valence-electron chi connectivity index (χ2n) is 4.62.